The molecular weight excluding hydrogens is 239 g/mol. The van der Waals surface area contributed by atoms with E-state index in [1.54, 1.807) is 6.07 Å². The molecule has 1 aromatic rings. The predicted octanol–water partition coefficient (Wildman–Crippen LogP) is 3.78. The molecule has 19 heavy (non-hydrogen) atoms. The number of hydrogen-bond acceptors (Lipinski definition) is 2. The monoisotopic (exact) mass is 264 g/mol. The van der Waals surface area contributed by atoms with E-state index >= 15 is 0 Å². The molecule has 0 aromatic heterocycles. The Balaban J connectivity index is 2.34. The van der Waals surface area contributed by atoms with Crippen molar-refractivity contribution in [1.29, 1.82) is 0 Å². The Hall–Kier alpha value is -1.09. The van der Waals surface area contributed by atoms with Crippen LogP contribution in [-0.4, -0.2) is 13.1 Å². The number of nitrogens with two attached hydrogens (primary N) is 1. The lowest BCUT2D eigenvalue weighted by Crippen LogP contribution is -2.26. The Kier molecular flexibility index (Phi) is 4.46. The van der Waals surface area contributed by atoms with Crippen molar-refractivity contribution >= 4 is 5.69 Å². The number of anilines is 1. The molecule has 2 nitrogen and oxygen atoms in total. The van der Waals surface area contributed by atoms with Crippen LogP contribution in [0.25, 0.3) is 0 Å². The Bertz CT molecular complexity index is 443. The lowest BCUT2D eigenvalue weighted by Gasteiger charge is -2.27. The summed E-state index contributed by atoms with van der Waals surface area (Å²) in [6.07, 6.45) is 3.69. The molecule has 2 atom stereocenters. The first-order valence-corrected chi connectivity index (χ1v) is 7.29. The van der Waals surface area contributed by atoms with Gasteiger partial charge >= 0.3 is 0 Å². The van der Waals surface area contributed by atoms with Gasteiger partial charge in [-0.3, -0.25) is 0 Å². The minimum Gasteiger partial charge on any atom is -0.371 e. The van der Waals surface area contributed by atoms with E-state index < -0.39 is 0 Å². The minimum atomic E-state index is -0.153. The molecule has 1 aliphatic heterocycles. The molecule has 2 unspecified atom stereocenters. The van der Waals surface area contributed by atoms with Crippen LogP contribution in [0.3, 0.4) is 0 Å². The van der Waals surface area contributed by atoms with Gasteiger partial charge in [0.05, 0.1) is 0 Å². The Morgan fingerprint density at radius 1 is 1.32 bits per heavy atom. The molecule has 0 amide bonds. The van der Waals surface area contributed by atoms with Crippen LogP contribution in [0.5, 0.6) is 0 Å². The summed E-state index contributed by atoms with van der Waals surface area (Å²) in [5, 5.41) is 0. The molecule has 1 saturated heterocycles. The fraction of sp³-hybridized carbons (Fsp3) is 0.625. The van der Waals surface area contributed by atoms with Gasteiger partial charge in [-0.1, -0.05) is 6.92 Å². The van der Waals surface area contributed by atoms with Crippen LogP contribution in [0.2, 0.25) is 0 Å². The molecule has 1 fully saturated rings. The largest absolute Gasteiger partial charge is 0.371 e. The first kappa shape index (κ1) is 14.3. The third kappa shape index (κ3) is 3.27. The molecule has 0 radical (unpaired) electrons. The molecule has 1 heterocycles. The number of halogens is 1. The predicted molar refractivity (Wildman–Crippen MR) is 79.0 cm³/mol. The van der Waals surface area contributed by atoms with Gasteiger partial charge in [-0.15, -0.1) is 0 Å². The summed E-state index contributed by atoms with van der Waals surface area (Å²) in [4.78, 5) is 2.38. The van der Waals surface area contributed by atoms with E-state index in [1.165, 1.54) is 19.3 Å². The number of benzene rings is 1. The molecule has 1 aliphatic rings. The highest BCUT2D eigenvalue weighted by atomic mass is 19.1. The first-order chi connectivity index (χ1) is 8.99. The first-order valence-electron chi connectivity index (χ1n) is 7.29. The van der Waals surface area contributed by atoms with Crippen LogP contribution < -0.4 is 10.6 Å². The second-order valence-corrected chi connectivity index (χ2v) is 5.97. The lowest BCUT2D eigenvalue weighted by atomic mass is 10.0. The quantitative estimate of drug-likeness (QED) is 0.880. The summed E-state index contributed by atoms with van der Waals surface area (Å²) in [7, 11) is 0. The van der Waals surface area contributed by atoms with Gasteiger partial charge < -0.3 is 10.6 Å². The van der Waals surface area contributed by atoms with Crippen molar-refractivity contribution in [3.63, 3.8) is 0 Å². The number of rotatable bonds is 2. The van der Waals surface area contributed by atoms with Crippen LogP contribution in [0.4, 0.5) is 10.1 Å². The van der Waals surface area contributed by atoms with Gasteiger partial charge in [-0.05, 0) is 62.3 Å². The molecule has 2 N–H and O–H groups in total. The van der Waals surface area contributed by atoms with Crippen LogP contribution >= 0.6 is 0 Å². The van der Waals surface area contributed by atoms with E-state index in [0.29, 0.717) is 5.56 Å². The van der Waals surface area contributed by atoms with E-state index in [2.05, 4.69) is 11.8 Å². The standard InChI is InChI=1S/C16H25FN2/c1-11-5-4-7-19(8-6-11)16-9-12(2)15(17)10-14(16)13(3)18/h9-11,13H,4-8,18H2,1-3H3. The lowest BCUT2D eigenvalue weighted by molar-refractivity contribution is 0.521. The molecule has 1 aromatic carbocycles. The van der Waals surface area contributed by atoms with Gasteiger partial charge in [0.25, 0.3) is 0 Å². The zero-order valence-electron chi connectivity index (χ0n) is 12.2. The van der Waals surface area contributed by atoms with E-state index in [-0.39, 0.29) is 11.9 Å². The molecule has 3 heteroatoms. The van der Waals surface area contributed by atoms with E-state index in [1.807, 2.05) is 19.9 Å². The van der Waals surface area contributed by atoms with Gasteiger partial charge in [0.15, 0.2) is 0 Å². The van der Waals surface area contributed by atoms with Gasteiger partial charge in [-0.2, -0.15) is 0 Å². The maximum Gasteiger partial charge on any atom is 0.126 e. The summed E-state index contributed by atoms with van der Waals surface area (Å²) in [5.74, 6) is 0.629. The molecule has 2 rings (SSSR count). The van der Waals surface area contributed by atoms with E-state index in [9.17, 15) is 4.39 Å². The Morgan fingerprint density at radius 3 is 2.74 bits per heavy atom. The van der Waals surface area contributed by atoms with Crippen molar-refractivity contribution in [3.8, 4) is 0 Å². The van der Waals surface area contributed by atoms with Crippen molar-refractivity contribution in [2.24, 2.45) is 11.7 Å². The Morgan fingerprint density at radius 2 is 2.05 bits per heavy atom. The average molecular weight is 264 g/mol. The van der Waals surface area contributed by atoms with Gasteiger partial charge in [0.1, 0.15) is 5.82 Å². The van der Waals surface area contributed by atoms with Crippen molar-refractivity contribution in [1.82, 2.24) is 0 Å². The molecule has 0 bridgehead atoms. The summed E-state index contributed by atoms with van der Waals surface area (Å²) in [5.41, 5.74) is 8.77. The molecule has 0 aliphatic carbocycles. The second kappa shape index (κ2) is 5.91. The van der Waals surface area contributed by atoms with E-state index in [0.717, 1.165) is 30.3 Å². The SMILES string of the molecule is Cc1cc(N2CCCC(C)CC2)c(C(C)N)cc1F. The molecule has 106 valence electrons. The topological polar surface area (TPSA) is 29.3 Å². The van der Waals surface area contributed by atoms with Gasteiger partial charge in [-0.25, -0.2) is 4.39 Å². The normalized spacial score (nSPS) is 22.2. The average Bonchev–Trinajstić information content (AvgIpc) is 2.57. The van der Waals surface area contributed by atoms with Gasteiger partial charge in [0.2, 0.25) is 0 Å². The number of hydrogen-bond donors (Lipinski definition) is 1. The van der Waals surface area contributed by atoms with Crippen molar-refractivity contribution in [2.75, 3.05) is 18.0 Å². The van der Waals surface area contributed by atoms with Crippen molar-refractivity contribution in [2.45, 2.75) is 46.1 Å². The summed E-state index contributed by atoms with van der Waals surface area (Å²) in [6.45, 7) is 8.16. The van der Waals surface area contributed by atoms with Crippen LogP contribution in [0, 0.1) is 18.7 Å². The smallest absolute Gasteiger partial charge is 0.126 e. The highest BCUT2D eigenvalue weighted by molar-refractivity contribution is 5.57. The van der Waals surface area contributed by atoms with E-state index in [4.69, 9.17) is 5.73 Å². The van der Waals surface area contributed by atoms with Crippen molar-refractivity contribution in [3.05, 3.63) is 29.1 Å². The maximum absolute atomic E-state index is 13.8. The minimum absolute atomic E-state index is 0.134. The Labute approximate surface area is 115 Å². The highest BCUT2D eigenvalue weighted by Gasteiger charge is 2.19. The number of nitrogens with zero attached hydrogens (tertiary/aromatic N) is 1. The summed E-state index contributed by atoms with van der Waals surface area (Å²) in [6, 6.07) is 3.44. The zero-order valence-corrected chi connectivity index (χ0v) is 12.2. The summed E-state index contributed by atoms with van der Waals surface area (Å²) >= 11 is 0. The maximum atomic E-state index is 13.8. The van der Waals surface area contributed by atoms with Crippen molar-refractivity contribution < 1.29 is 4.39 Å². The van der Waals surface area contributed by atoms with Crippen LogP contribution in [0.15, 0.2) is 12.1 Å². The third-order valence-corrected chi connectivity index (χ3v) is 4.16. The third-order valence-electron chi connectivity index (χ3n) is 4.16. The second-order valence-electron chi connectivity index (χ2n) is 5.97. The zero-order chi connectivity index (χ0) is 14.0. The molecule has 0 saturated carbocycles. The molecular formula is C16H25FN2. The van der Waals surface area contributed by atoms with Gasteiger partial charge in [0, 0.05) is 24.8 Å². The molecule has 0 spiro atoms. The van der Waals surface area contributed by atoms with Crippen LogP contribution in [-0.2, 0) is 0 Å². The fourth-order valence-corrected chi connectivity index (χ4v) is 2.82. The number of aryl methyl sites for hydroxylation is 1. The highest BCUT2D eigenvalue weighted by Crippen LogP contribution is 2.30. The fourth-order valence-electron chi connectivity index (χ4n) is 2.82. The van der Waals surface area contributed by atoms with Crippen LogP contribution in [0.1, 0.15) is 50.3 Å². The summed E-state index contributed by atoms with van der Waals surface area (Å²) < 4.78 is 13.8.